The number of carbonyl (C=O) groups is 1. The van der Waals surface area contributed by atoms with E-state index in [0.29, 0.717) is 16.5 Å². The Labute approximate surface area is 175 Å². The summed E-state index contributed by atoms with van der Waals surface area (Å²) < 4.78 is 28.0. The SMILES string of the molecule is Cc1cccc(C)c1NS(=O)(=O)c1ccc(NC(=O)Cc2ccc(Cl)nc2)cc1. The summed E-state index contributed by atoms with van der Waals surface area (Å²) in [6, 6.07) is 14.9. The molecule has 29 heavy (non-hydrogen) atoms. The van der Waals surface area contributed by atoms with Gasteiger partial charge >= 0.3 is 0 Å². The fraction of sp³-hybridized carbons (Fsp3) is 0.143. The number of amides is 1. The third-order valence-electron chi connectivity index (χ3n) is 4.32. The van der Waals surface area contributed by atoms with Crippen LogP contribution in [0.3, 0.4) is 0 Å². The molecule has 0 atom stereocenters. The van der Waals surface area contributed by atoms with Crippen LogP contribution in [0.2, 0.25) is 5.15 Å². The number of nitrogens with zero attached hydrogens (tertiary/aromatic N) is 1. The van der Waals surface area contributed by atoms with Crippen molar-refractivity contribution in [2.24, 2.45) is 0 Å². The fourth-order valence-corrected chi connectivity index (χ4v) is 4.10. The van der Waals surface area contributed by atoms with Gasteiger partial charge in [0.25, 0.3) is 10.0 Å². The Morgan fingerprint density at radius 3 is 2.24 bits per heavy atom. The lowest BCUT2D eigenvalue weighted by Gasteiger charge is -2.13. The van der Waals surface area contributed by atoms with Crippen LogP contribution in [0.15, 0.2) is 65.7 Å². The summed E-state index contributed by atoms with van der Waals surface area (Å²) in [6.45, 7) is 3.69. The molecule has 2 N–H and O–H groups in total. The number of hydrogen-bond acceptors (Lipinski definition) is 4. The Morgan fingerprint density at radius 1 is 1.00 bits per heavy atom. The maximum absolute atomic E-state index is 12.7. The number of carbonyl (C=O) groups excluding carboxylic acids is 1. The zero-order valence-corrected chi connectivity index (χ0v) is 17.5. The summed E-state index contributed by atoms with van der Waals surface area (Å²) in [5.74, 6) is -0.238. The van der Waals surface area contributed by atoms with Gasteiger partial charge in [0.05, 0.1) is 17.0 Å². The van der Waals surface area contributed by atoms with Crippen LogP contribution in [0.4, 0.5) is 11.4 Å². The van der Waals surface area contributed by atoms with Crippen molar-refractivity contribution in [3.05, 3.63) is 82.6 Å². The Kier molecular flexibility index (Phi) is 6.20. The molecule has 0 aliphatic rings. The van der Waals surface area contributed by atoms with Crippen molar-refractivity contribution in [1.82, 2.24) is 4.98 Å². The lowest BCUT2D eigenvalue weighted by Crippen LogP contribution is -2.16. The number of anilines is 2. The predicted octanol–water partition coefficient (Wildman–Crippen LogP) is 4.33. The largest absolute Gasteiger partial charge is 0.326 e. The number of para-hydroxylation sites is 1. The second-order valence-electron chi connectivity index (χ2n) is 6.61. The molecule has 150 valence electrons. The Balaban J connectivity index is 1.69. The molecular weight excluding hydrogens is 410 g/mol. The molecular formula is C21H20ClN3O3S. The zero-order valence-electron chi connectivity index (χ0n) is 15.9. The van der Waals surface area contributed by atoms with E-state index in [2.05, 4.69) is 15.0 Å². The minimum atomic E-state index is -3.74. The van der Waals surface area contributed by atoms with Crippen molar-refractivity contribution in [3.63, 3.8) is 0 Å². The maximum Gasteiger partial charge on any atom is 0.261 e. The van der Waals surface area contributed by atoms with E-state index in [1.807, 2.05) is 32.0 Å². The topological polar surface area (TPSA) is 88.2 Å². The number of aryl methyl sites for hydroxylation is 2. The minimum Gasteiger partial charge on any atom is -0.326 e. The van der Waals surface area contributed by atoms with Crippen molar-refractivity contribution in [1.29, 1.82) is 0 Å². The van der Waals surface area contributed by atoms with Gasteiger partial charge in [0.1, 0.15) is 5.15 Å². The Morgan fingerprint density at radius 2 is 1.66 bits per heavy atom. The van der Waals surface area contributed by atoms with Crippen molar-refractivity contribution < 1.29 is 13.2 Å². The number of pyridine rings is 1. The van der Waals surface area contributed by atoms with E-state index >= 15 is 0 Å². The molecule has 0 unspecified atom stereocenters. The van der Waals surface area contributed by atoms with Crippen LogP contribution in [-0.4, -0.2) is 19.3 Å². The van der Waals surface area contributed by atoms with Crippen LogP contribution < -0.4 is 10.0 Å². The molecule has 0 saturated carbocycles. The third-order valence-corrected chi connectivity index (χ3v) is 5.91. The van der Waals surface area contributed by atoms with Crippen LogP contribution in [0, 0.1) is 13.8 Å². The van der Waals surface area contributed by atoms with Gasteiger partial charge in [-0.1, -0.05) is 35.9 Å². The van der Waals surface area contributed by atoms with Gasteiger partial charge in [0.2, 0.25) is 5.91 Å². The van der Waals surface area contributed by atoms with Gasteiger partial charge in [0, 0.05) is 11.9 Å². The van der Waals surface area contributed by atoms with Crippen molar-refractivity contribution in [2.45, 2.75) is 25.2 Å². The first kappa shape index (κ1) is 20.8. The lowest BCUT2D eigenvalue weighted by molar-refractivity contribution is -0.115. The number of halogens is 1. The summed E-state index contributed by atoms with van der Waals surface area (Å²) in [7, 11) is -3.74. The van der Waals surface area contributed by atoms with Gasteiger partial charge in [-0.2, -0.15) is 0 Å². The average Bonchev–Trinajstić information content (AvgIpc) is 2.67. The molecule has 0 radical (unpaired) electrons. The molecule has 0 saturated heterocycles. The van der Waals surface area contributed by atoms with Gasteiger partial charge in [-0.25, -0.2) is 13.4 Å². The van der Waals surface area contributed by atoms with E-state index in [1.165, 1.54) is 18.3 Å². The van der Waals surface area contributed by atoms with Gasteiger partial charge < -0.3 is 5.32 Å². The van der Waals surface area contributed by atoms with E-state index in [-0.39, 0.29) is 17.2 Å². The molecule has 1 amide bonds. The van der Waals surface area contributed by atoms with E-state index in [9.17, 15) is 13.2 Å². The van der Waals surface area contributed by atoms with E-state index in [1.54, 1.807) is 24.3 Å². The summed E-state index contributed by atoms with van der Waals surface area (Å²) in [5.41, 5.74) is 3.48. The second-order valence-corrected chi connectivity index (χ2v) is 8.68. The Hall–Kier alpha value is -2.90. The van der Waals surface area contributed by atoms with E-state index in [4.69, 9.17) is 11.6 Å². The molecule has 6 nitrogen and oxygen atoms in total. The molecule has 3 aromatic rings. The number of sulfonamides is 1. The molecule has 1 heterocycles. The lowest BCUT2D eigenvalue weighted by atomic mass is 10.1. The standard InChI is InChI=1S/C21H20ClN3O3S/c1-14-4-3-5-15(2)21(14)25-29(27,28)18-9-7-17(8-10-18)24-20(26)12-16-6-11-19(22)23-13-16/h3-11,13,25H,12H2,1-2H3,(H,24,26). The summed E-state index contributed by atoms with van der Waals surface area (Å²) in [6.07, 6.45) is 1.68. The summed E-state index contributed by atoms with van der Waals surface area (Å²) in [5, 5.41) is 3.10. The molecule has 8 heteroatoms. The van der Waals surface area contributed by atoms with Crippen LogP contribution >= 0.6 is 11.6 Å². The first-order chi connectivity index (χ1) is 13.7. The molecule has 1 aromatic heterocycles. The minimum absolute atomic E-state index is 0.111. The van der Waals surface area contributed by atoms with Crippen molar-refractivity contribution in [3.8, 4) is 0 Å². The highest BCUT2D eigenvalue weighted by atomic mass is 35.5. The number of aromatic nitrogens is 1. The highest BCUT2D eigenvalue weighted by molar-refractivity contribution is 7.92. The fourth-order valence-electron chi connectivity index (χ4n) is 2.79. The van der Waals surface area contributed by atoms with Crippen LogP contribution in [0.5, 0.6) is 0 Å². The molecule has 0 aliphatic carbocycles. The molecule has 0 spiro atoms. The monoisotopic (exact) mass is 429 g/mol. The molecule has 2 aromatic carbocycles. The molecule has 0 bridgehead atoms. The first-order valence-electron chi connectivity index (χ1n) is 8.84. The maximum atomic E-state index is 12.7. The van der Waals surface area contributed by atoms with Crippen molar-refractivity contribution in [2.75, 3.05) is 10.0 Å². The normalized spacial score (nSPS) is 11.1. The highest BCUT2D eigenvalue weighted by Crippen LogP contribution is 2.24. The van der Waals surface area contributed by atoms with E-state index < -0.39 is 10.0 Å². The Bertz CT molecular complexity index is 1110. The number of rotatable bonds is 6. The summed E-state index contributed by atoms with van der Waals surface area (Å²) >= 11 is 5.73. The quantitative estimate of drug-likeness (QED) is 0.570. The number of hydrogen-bond donors (Lipinski definition) is 2. The molecule has 3 rings (SSSR count). The highest BCUT2D eigenvalue weighted by Gasteiger charge is 2.16. The average molecular weight is 430 g/mol. The van der Waals surface area contributed by atoms with Gasteiger partial charge in [-0.3, -0.25) is 9.52 Å². The van der Waals surface area contributed by atoms with Gasteiger partial charge in [-0.15, -0.1) is 0 Å². The first-order valence-corrected chi connectivity index (χ1v) is 10.7. The number of nitrogens with one attached hydrogen (secondary N) is 2. The summed E-state index contributed by atoms with van der Waals surface area (Å²) in [4.78, 5) is 16.2. The smallest absolute Gasteiger partial charge is 0.261 e. The predicted molar refractivity (Wildman–Crippen MR) is 115 cm³/mol. The molecule has 0 fully saturated rings. The number of benzene rings is 2. The van der Waals surface area contributed by atoms with Crippen molar-refractivity contribution >= 4 is 38.9 Å². The second kappa shape index (κ2) is 8.63. The zero-order chi connectivity index (χ0) is 21.0. The van der Waals surface area contributed by atoms with Crippen LogP contribution in [-0.2, 0) is 21.2 Å². The van der Waals surface area contributed by atoms with Gasteiger partial charge in [0.15, 0.2) is 0 Å². The van der Waals surface area contributed by atoms with Crippen LogP contribution in [0.1, 0.15) is 16.7 Å². The van der Waals surface area contributed by atoms with Gasteiger partial charge in [-0.05, 0) is 60.9 Å². The third kappa shape index (κ3) is 5.34. The van der Waals surface area contributed by atoms with E-state index in [0.717, 1.165) is 16.7 Å². The van der Waals surface area contributed by atoms with Crippen LogP contribution in [0.25, 0.3) is 0 Å². The molecule has 0 aliphatic heterocycles.